The zero-order valence-corrected chi connectivity index (χ0v) is 10.1. The Morgan fingerprint density at radius 1 is 1.41 bits per heavy atom. The lowest BCUT2D eigenvalue weighted by atomic mass is 9.82. The molecule has 1 aliphatic carbocycles. The Hall–Kier alpha value is -1.10. The molecular formula is C12H19NO4. The van der Waals surface area contributed by atoms with Gasteiger partial charge >= 0.3 is 5.97 Å². The van der Waals surface area contributed by atoms with E-state index < -0.39 is 18.1 Å². The van der Waals surface area contributed by atoms with E-state index in [9.17, 15) is 14.7 Å². The van der Waals surface area contributed by atoms with Crippen molar-refractivity contribution in [2.45, 2.75) is 44.2 Å². The smallest absolute Gasteiger partial charge is 0.328 e. The average molecular weight is 241 g/mol. The Kier molecular flexibility index (Phi) is 3.66. The number of β-amino-alcohol motifs (C(OH)–C–C–N with tert-alkyl or cyclic N) is 1. The molecule has 17 heavy (non-hydrogen) atoms. The molecule has 1 saturated heterocycles. The van der Waals surface area contributed by atoms with Gasteiger partial charge in [-0.3, -0.25) is 4.79 Å². The summed E-state index contributed by atoms with van der Waals surface area (Å²) in [6.45, 7) is 0.255. The van der Waals surface area contributed by atoms with E-state index in [1.165, 1.54) is 18.4 Å². The molecule has 0 aromatic carbocycles. The molecule has 2 rings (SSSR count). The molecule has 96 valence electrons. The predicted octanol–water partition coefficient (Wildman–Crippen LogP) is 0.311. The van der Waals surface area contributed by atoms with Gasteiger partial charge in [0.25, 0.3) is 0 Å². The van der Waals surface area contributed by atoms with Gasteiger partial charge in [0.15, 0.2) is 0 Å². The molecular weight excluding hydrogens is 222 g/mol. The van der Waals surface area contributed by atoms with Crippen molar-refractivity contribution in [1.82, 2.24) is 4.90 Å². The van der Waals surface area contributed by atoms with E-state index in [2.05, 4.69) is 4.74 Å². The monoisotopic (exact) mass is 241 g/mol. The molecule has 0 bridgehead atoms. The highest BCUT2D eigenvalue weighted by Crippen LogP contribution is 2.31. The van der Waals surface area contributed by atoms with Crippen LogP contribution in [-0.4, -0.2) is 47.7 Å². The first-order valence-electron chi connectivity index (χ1n) is 6.17. The Labute approximate surface area is 101 Å². The van der Waals surface area contributed by atoms with Gasteiger partial charge in [-0.15, -0.1) is 0 Å². The molecule has 0 aromatic rings. The van der Waals surface area contributed by atoms with Crippen molar-refractivity contribution < 1.29 is 19.4 Å². The van der Waals surface area contributed by atoms with Crippen LogP contribution in [0.2, 0.25) is 0 Å². The molecule has 2 atom stereocenters. The summed E-state index contributed by atoms with van der Waals surface area (Å²) in [5.74, 6) is 0.0173. The molecule has 0 radical (unpaired) electrons. The minimum absolute atomic E-state index is 0.0262. The van der Waals surface area contributed by atoms with Gasteiger partial charge in [-0.2, -0.15) is 0 Å². The van der Waals surface area contributed by atoms with Crippen molar-refractivity contribution in [3.8, 4) is 0 Å². The number of carbonyl (C=O) groups excluding carboxylic acids is 2. The summed E-state index contributed by atoms with van der Waals surface area (Å²) >= 11 is 0. The molecule has 1 heterocycles. The topological polar surface area (TPSA) is 66.8 Å². The maximum absolute atomic E-state index is 12.0. The van der Waals surface area contributed by atoms with E-state index in [-0.39, 0.29) is 12.5 Å². The summed E-state index contributed by atoms with van der Waals surface area (Å²) < 4.78 is 4.66. The number of hydrogen-bond donors (Lipinski definition) is 1. The predicted molar refractivity (Wildman–Crippen MR) is 60.1 cm³/mol. The lowest BCUT2D eigenvalue weighted by molar-refractivity contribution is -0.151. The Bertz CT molecular complexity index is 314. The maximum atomic E-state index is 12.0. The number of amides is 1. The summed E-state index contributed by atoms with van der Waals surface area (Å²) in [5, 5.41) is 9.57. The highest BCUT2D eigenvalue weighted by atomic mass is 16.5. The number of likely N-dealkylation sites (tertiary alicyclic amines) is 1. The number of esters is 1. The Morgan fingerprint density at radius 2 is 2.12 bits per heavy atom. The van der Waals surface area contributed by atoms with Gasteiger partial charge in [0.1, 0.15) is 6.04 Å². The number of methoxy groups -OCH3 is 1. The number of hydrogen-bond acceptors (Lipinski definition) is 4. The lowest BCUT2D eigenvalue weighted by Crippen LogP contribution is -2.42. The molecule has 2 unspecified atom stereocenters. The molecule has 5 nitrogen and oxygen atoms in total. The fourth-order valence-electron chi connectivity index (χ4n) is 2.51. The van der Waals surface area contributed by atoms with Crippen LogP contribution in [0.3, 0.4) is 0 Å². The molecule has 5 heteroatoms. The third kappa shape index (κ3) is 2.60. The minimum Gasteiger partial charge on any atom is -0.467 e. The molecule has 0 aromatic heterocycles. The molecule has 2 aliphatic rings. The van der Waals surface area contributed by atoms with Crippen LogP contribution in [0.4, 0.5) is 0 Å². The molecule has 1 aliphatic heterocycles. The summed E-state index contributed by atoms with van der Waals surface area (Å²) in [6, 6.07) is -0.595. The minimum atomic E-state index is -0.607. The van der Waals surface area contributed by atoms with Crippen molar-refractivity contribution >= 4 is 11.9 Å². The number of aliphatic hydroxyl groups excluding tert-OH is 1. The molecule has 2 fully saturated rings. The van der Waals surface area contributed by atoms with Gasteiger partial charge in [0.05, 0.1) is 13.2 Å². The zero-order chi connectivity index (χ0) is 12.4. The van der Waals surface area contributed by atoms with Crippen molar-refractivity contribution in [2.75, 3.05) is 13.7 Å². The molecule has 1 saturated carbocycles. The zero-order valence-electron chi connectivity index (χ0n) is 10.1. The van der Waals surface area contributed by atoms with E-state index in [1.54, 1.807) is 0 Å². The number of rotatable bonds is 3. The fraction of sp³-hybridized carbons (Fsp3) is 0.833. The number of ether oxygens (including phenoxy) is 1. The number of carbonyl (C=O) groups is 2. The molecule has 1 amide bonds. The third-order valence-electron chi connectivity index (χ3n) is 3.76. The fourth-order valence-corrected chi connectivity index (χ4v) is 2.51. The standard InChI is InChI=1S/C12H19NO4/c1-17-12(16)10-6-9(14)7-13(10)11(15)5-8-3-2-4-8/h8-10,14H,2-7H2,1H3. The van der Waals surface area contributed by atoms with Gasteiger partial charge < -0.3 is 14.7 Å². The maximum Gasteiger partial charge on any atom is 0.328 e. The van der Waals surface area contributed by atoms with Crippen LogP contribution in [0, 0.1) is 5.92 Å². The number of aliphatic hydroxyl groups is 1. The summed E-state index contributed by atoms with van der Waals surface area (Å²) in [7, 11) is 1.31. The molecule has 1 N–H and O–H groups in total. The van der Waals surface area contributed by atoms with Gasteiger partial charge in [0, 0.05) is 19.4 Å². The van der Waals surface area contributed by atoms with Crippen molar-refractivity contribution in [1.29, 1.82) is 0 Å². The summed E-state index contributed by atoms with van der Waals surface area (Å²) in [5.41, 5.74) is 0. The van der Waals surface area contributed by atoms with Crippen LogP contribution in [0.5, 0.6) is 0 Å². The quantitative estimate of drug-likeness (QED) is 0.722. The van der Waals surface area contributed by atoms with E-state index in [0.717, 1.165) is 12.8 Å². The van der Waals surface area contributed by atoms with Gasteiger partial charge in [-0.1, -0.05) is 6.42 Å². The van der Waals surface area contributed by atoms with Crippen LogP contribution in [-0.2, 0) is 14.3 Å². The first-order chi connectivity index (χ1) is 8.11. The second-order valence-electron chi connectivity index (χ2n) is 4.98. The van der Waals surface area contributed by atoms with E-state index in [0.29, 0.717) is 18.8 Å². The van der Waals surface area contributed by atoms with Crippen molar-refractivity contribution in [3.05, 3.63) is 0 Å². The van der Waals surface area contributed by atoms with E-state index in [1.807, 2.05) is 0 Å². The third-order valence-corrected chi connectivity index (χ3v) is 3.76. The normalized spacial score (nSPS) is 28.9. The molecule has 0 spiro atoms. The SMILES string of the molecule is COC(=O)C1CC(O)CN1C(=O)CC1CCC1. The second kappa shape index (κ2) is 5.04. The average Bonchev–Trinajstić information content (AvgIpc) is 2.64. The van der Waals surface area contributed by atoms with Crippen LogP contribution in [0.25, 0.3) is 0 Å². The van der Waals surface area contributed by atoms with Crippen molar-refractivity contribution in [2.24, 2.45) is 5.92 Å². The summed E-state index contributed by atoms with van der Waals surface area (Å²) in [6.07, 6.45) is 3.59. The lowest BCUT2D eigenvalue weighted by Gasteiger charge is -2.29. The van der Waals surface area contributed by atoms with E-state index >= 15 is 0 Å². The van der Waals surface area contributed by atoms with E-state index in [4.69, 9.17) is 0 Å². The van der Waals surface area contributed by atoms with Gasteiger partial charge in [-0.25, -0.2) is 4.79 Å². The summed E-state index contributed by atoms with van der Waals surface area (Å²) in [4.78, 5) is 25.0. The van der Waals surface area contributed by atoms with Gasteiger partial charge in [0.2, 0.25) is 5.91 Å². The highest BCUT2D eigenvalue weighted by molar-refractivity contribution is 5.85. The largest absolute Gasteiger partial charge is 0.467 e. The van der Waals surface area contributed by atoms with Gasteiger partial charge in [-0.05, 0) is 18.8 Å². The van der Waals surface area contributed by atoms with Crippen LogP contribution >= 0.6 is 0 Å². The Balaban J connectivity index is 1.96. The van der Waals surface area contributed by atoms with Crippen LogP contribution < -0.4 is 0 Å². The van der Waals surface area contributed by atoms with Crippen LogP contribution in [0.1, 0.15) is 32.1 Å². The number of nitrogens with zero attached hydrogens (tertiary/aromatic N) is 1. The highest BCUT2D eigenvalue weighted by Gasteiger charge is 2.40. The first-order valence-corrected chi connectivity index (χ1v) is 6.17. The van der Waals surface area contributed by atoms with Crippen molar-refractivity contribution in [3.63, 3.8) is 0 Å². The van der Waals surface area contributed by atoms with Crippen LogP contribution in [0.15, 0.2) is 0 Å². The first kappa shape index (κ1) is 12.4. The second-order valence-corrected chi connectivity index (χ2v) is 4.98. The Morgan fingerprint density at radius 3 is 2.65 bits per heavy atom.